The van der Waals surface area contributed by atoms with E-state index in [0.29, 0.717) is 19.5 Å². The fourth-order valence-corrected chi connectivity index (χ4v) is 6.43. The molecule has 0 amide bonds. The van der Waals surface area contributed by atoms with Crippen molar-refractivity contribution in [2.45, 2.75) is 19.8 Å². The minimum atomic E-state index is -0.633. The van der Waals surface area contributed by atoms with Gasteiger partial charge in [0.25, 0.3) is 0 Å². The number of methoxy groups -OCH3 is 2. The molecule has 0 fully saturated rings. The first-order valence-corrected chi connectivity index (χ1v) is 11.7. The van der Waals surface area contributed by atoms with Crippen LogP contribution in [0.3, 0.4) is 0 Å². The van der Waals surface area contributed by atoms with Crippen LogP contribution in [0.1, 0.15) is 51.7 Å². The topological polar surface area (TPSA) is 93.1 Å². The highest BCUT2D eigenvalue weighted by Gasteiger charge is 2.34. The standard InChI is InChI=1S/C25H22O6S2/c1-12-17(24(28)30-3)20(26)22(32-12)19(16-10-9-14-7-5-6-8-15(14)11-16)23-21(27)18(13(2)33-23)25(29)31-4/h5-11,19,26-27H,1-4H3. The van der Waals surface area contributed by atoms with Crippen LogP contribution in [-0.4, -0.2) is 36.4 Å². The van der Waals surface area contributed by atoms with Crippen molar-refractivity contribution in [2.75, 3.05) is 14.2 Å². The third-order valence-corrected chi connectivity index (χ3v) is 7.90. The zero-order valence-corrected chi connectivity index (χ0v) is 20.1. The summed E-state index contributed by atoms with van der Waals surface area (Å²) in [4.78, 5) is 26.8. The zero-order valence-electron chi connectivity index (χ0n) is 18.5. The van der Waals surface area contributed by atoms with Gasteiger partial charge in [-0.25, -0.2) is 9.59 Å². The molecule has 0 radical (unpaired) electrons. The summed E-state index contributed by atoms with van der Waals surface area (Å²) >= 11 is 2.51. The number of carbonyl (C=O) groups is 2. The maximum Gasteiger partial charge on any atom is 0.342 e. The quantitative estimate of drug-likeness (QED) is 0.352. The second-order valence-electron chi connectivity index (χ2n) is 7.51. The molecule has 4 aromatic rings. The molecule has 0 unspecified atom stereocenters. The Kier molecular flexibility index (Phi) is 6.14. The molecule has 0 aliphatic carbocycles. The predicted molar refractivity (Wildman–Crippen MR) is 129 cm³/mol. The molecule has 0 saturated heterocycles. The van der Waals surface area contributed by atoms with Crippen molar-refractivity contribution >= 4 is 45.4 Å². The van der Waals surface area contributed by atoms with Crippen molar-refractivity contribution in [3.8, 4) is 11.5 Å². The number of hydrogen-bond acceptors (Lipinski definition) is 8. The van der Waals surface area contributed by atoms with Crippen molar-refractivity contribution in [1.82, 2.24) is 0 Å². The molecule has 2 N–H and O–H groups in total. The van der Waals surface area contributed by atoms with Gasteiger partial charge in [0.05, 0.1) is 29.9 Å². The van der Waals surface area contributed by atoms with E-state index < -0.39 is 17.9 Å². The van der Waals surface area contributed by atoms with E-state index in [9.17, 15) is 19.8 Å². The van der Waals surface area contributed by atoms with E-state index in [-0.39, 0.29) is 22.6 Å². The second-order valence-corrected chi connectivity index (χ2v) is 10.0. The molecular weight excluding hydrogens is 460 g/mol. The maximum atomic E-state index is 12.3. The largest absolute Gasteiger partial charge is 0.506 e. The lowest BCUT2D eigenvalue weighted by Crippen LogP contribution is -2.04. The lowest BCUT2D eigenvalue weighted by atomic mass is 9.91. The molecule has 0 aliphatic rings. The van der Waals surface area contributed by atoms with Crippen LogP contribution in [0.15, 0.2) is 42.5 Å². The van der Waals surface area contributed by atoms with Gasteiger partial charge in [-0.2, -0.15) is 0 Å². The van der Waals surface area contributed by atoms with Crippen LogP contribution in [0.2, 0.25) is 0 Å². The Morgan fingerprint density at radius 3 is 1.76 bits per heavy atom. The molecule has 2 aromatic heterocycles. The molecule has 2 aromatic carbocycles. The summed E-state index contributed by atoms with van der Waals surface area (Å²) < 4.78 is 9.71. The van der Waals surface area contributed by atoms with Crippen LogP contribution >= 0.6 is 22.7 Å². The molecule has 2 heterocycles. The highest BCUT2D eigenvalue weighted by Crippen LogP contribution is 2.51. The lowest BCUT2D eigenvalue weighted by molar-refractivity contribution is 0.0588. The highest BCUT2D eigenvalue weighted by atomic mass is 32.1. The number of thiophene rings is 2. The molecule has 0 spiro atoms. The van der Waals surface area contributed by atoms with Gasteiger partial charge >= 0.3 is 11.9 Å². The molecule has 170 valence electrons. The third kappa shape index (κ3) is 3.85. The van der Waals surface area contributed by atoms with Gasteiger partial charge in [0, 0.05) is 9.75 Å². The van der Waals surface area contributed by atoms with E-state index in [4.69, 9.17) is 9.47 Å². The number of carbonyl (C=O) groups excluding carboxylic acids is 2. The Morgan fingerprint density at radius 2 is 1.27 bits per heavy atom. The molecule has 6 nitrogen and oxygen atoms in total. The minimum absolute atomic E-state index is 0.101. The lowest BCUT2D eigenvalue weighted by Gasteiger charge is -2.17. The molecule has 8 heteroatoms. The maximum absolute atomic E-state index is 12.3. The van der Waals surface area contributed by atoms with Crippen LogP contribution in [0, 0.1) is 13.8 Å². The van der Waals surface area contributed by atoms with Crippen molar-refractivity contribution in [3.63, 3.8) is 0 Å². The summed E-state index contributed by atoms with van der Waals surface area (Å²) in [6.45, 7) is 3.47. The van der Waals surface area contributed by atoms with E-state index in [1.165, 1.54) is 36.9 Å². The van der Waals surface area contributed by atoms with Crippen LogP contribution in [0.5, 0.6) is 11.5 Å². The Morgan fingerprint density at radius 1 is 0.788 bits per heavy atom. The average molecular weight is 483 g/mol. The Hall–Kier alpha value is -3.36. The number of rotatable bonds is 5. The average Bonchev–Trinajstić information content (AvgIpc) is 3.27. The Balaban J connectivity index is 2.00. The van der Waals surface area contributed by atoms with E-state index in [1.54, 1.807) is 13.8 Å². The van der Waals surface area contributed by atoms with Gasteiger partial charge in [-0.05, 0) is 30.2 Å². The van der Waals surface area contributed by atoms with Crippen molar-refractivity contribution in [2.24, 2.45) is 0 Å². The number of ether oxygens (including phenoxy) is 2. The summed E-state index contributed by atoms with van der Waals surface area (Å²) in [5.74, 6) is -2.25. The monoisotopic (exact) mass is 482 g/mol. The van der Waals surface area contributed by atoms with E-state index >= 15 is 0 Å². The fourth-order valence-electron chi connectivity index (χ4n) is 3.99. The van der Waals surface area contributed by atoms with E-state index in [1.807, 2.05) is 42.5 Å². The minimum Gasteiger partial charge on any atom is -0.506 e. The number of hydrogen-bond donors (Lipinski definition) is 2. The molecule has 0 atom stereocenters. The number of fused-ring (bicyclic) bond motifs is 1. The molecule has 0 bridgehead atoms. The zero-order chi connectivity index (χ0) is 23.9. The molecular formula is C25H22O6S2. The SMILES string of the molecule is COC(=O)c1c(C)sc(C(c2ccc3ccccc3c2)c2sc(C)c(C(=O)OC)c2O)c1O. The van der Waals surface area contributed by atoms with Gasteiger partial charge in [0.1, 0.15) is 22.6 Å². The van der Waals surface area contributed by atoms with Gasteiger partial charge in [0.15, 0.2) is 0 Å². The number of esters is 2. The van der Waals surface area contributed by atoms with Crippen LogP contribution in [0.25, 0.3) is 10.8 Å². The third-order valence-electron chi connectivity index (χ3n) is 5.58. The summed E-state index contributed by atoms with van der Waals surface area (Å²) in [6, 6.07) is 13.7. The molecule has 33 heavy (non-hydrogen) atoms. The number of aryl methyl sites for hydroxylation is 2. The van der Waals surface area contributed by atoms with Gasteiger partial charge in [-0.1, -0.05) is 42.5 Å². The van der Waals surface area contributed by atoms with Gasteiger partial charge < -0.3 is 19.7 Å². The van der Waals surface area contributed by atoms with Gasteiger partial charge in [0.2, 0.25) is 0 Å². The molecule has 0 saturated carbocycles. The van der Waals surface area contributed by atoms with Crippen molar-refractivity contribution in [1.29, 1.82) is 0 Å². The smallest absolute Gasteiger partial charge is 0.342 e. The number of aromatic hydroxyl groups is 2. The van der Waals surface area contributed by atoms with E-state index in [0.717, 1.165) is 16.3 Å². The molecule has 4 rings (SSSR count). The van der Waals surface area contributed by atoms with Crippen molar-refractivity contribution < 1.29 is 29.3 Å². The second kappa shape index (κ2) is 8.88. The van der Waals surface area contributed by atoms with Gasteiger partial charge in [-0.15, -0.1) is 22.7 Å². The number of benzene rings is 2. The van der Waals surface area contributed by atoms with Crippen molar-refractivity contribution in [3.05, 3.63) is 78.7 Å². The summed E-state index contributed by atoms with van der Waals surface area (Å²) in [7, 11) is 2.52. The first-order valence-electron chi connectivity index (χ1n) is 10.1. The summed E-state index contributed by atoms with van der Waals surface area (Å²) in [5, 5.41) is 24.2. The normalized spacial score (nSPS) is 11.2. The Labute approximate surface area is 198 Å². The summed E-state index contributed by atoms with van der Waals surface area (Å²) in [5.41, 5.74) is 1.00. The Bertz CT molecular complexity index is 1320. The van der Waals surface area contributed by atoms with Crippen LogP contribution in [0.4, 0.5) is 0 Å². The van der Waals surface area contributed by atoms with Crippen LogP contribution in [-0.2, 0) is 9.47 Å². The van der Waals surface area contributed by atoms with Crippen LogP contribution < -0.4 is 0 Å². The summed E-state index contributed by atoms with van der Waals surface area (Å²) in [6.07, 6.45) is 0. The molecule has 0 aliphatic heterocycles. The first-order chi connectivity index (χ1) is 15.8. The predicted octanol–water partition coefficient (Wildman–Crippen LogP) is 5.74. The fraction of sp³-hybridized carbons (Fsp3) is 0.200. The van der Waals surface area contributed by atoms with Gasteiger partial charge in [-0.3, -0.25) is 0 Å². The first kappa shape index (κ1) is 22.8. The highest BCUT2D eigenvalue weighted by molar-refractivity contribution is 7.14. The van der Waals surface area contributed by atoms with E-state index in [2.05, 4.69) is 0 Å².